The van der Waals surface area contributed by atoms with E-state index >= 15 is 0 Å². The number of rotatable bonds is 9. The Morgan fingerprint density at radius 1 is 1.32 bits per heavy atom. The molecule has 1 saturated heterocycles. The molecule has 1 fully saturated rings. The fourth-order valence-electron chi connectivity index (χ4n) is 3.34. The molecule has 2 aromatic rings. The second-order valence-corrected chi connectivity index (χ2v) is 6.99. The lowest BCUT2D eigenvalue weighted by atomic mass is 10.1. The van der Waals surface area contributed by atoms with E-state index in [0.29, 0.717) is 13.0 Å². The number of imide groups is 1. The van der Waals surface area contributed by atoms with Crippen LogP contribution < -0.4 is 10.6 Å². The Morgan fingerprint density at radius 2 is 2.14 bits per heavy atom. The van der Waals surface area contributed by atoms with Gasteiger partial charge in [-0.3, -0.25) is 14.5 Å². The molecule has 1 aromatic heterocycles. The van der Waals surface area contributed by atoms with Crippen molar-refractivity contribution in [1.29, 1.82) is 0 Å². The predicted molar refractivity (Wildman–Crippen MR) is 103 cm³/mol. The molecule has 2 heterocycles. The average Bonchev–Trinajstić information content (AvgIpc) is 3.19. The van der Waals surface area contributed by atoms with Crippen molar-refractivity contribution < 1.29 is 18.8 Å². The summed E-state index contributed by atoms with van der Waals surface area (Å²) in [4.78, 5) is 40.7. The SMILES string of the molecule is CCCCNC(=O)CCC1NC(=O)N(CCc2c[nH]c3ccc(F)cc23)C1=O. The molecule has 3 N–H and O–H groups in total. The van der Waals surface area contributed by atoms with Gasteiger partial charge in [-0.15, -0.1) is 0 Å². The average molecular weight is 388 g/mol. The number of aromatic nitrogens is 1. The van der Waals surface area contributed by atoms with Gasteiger partial charge in [-0.1, -0.05) is 13.3 Å². The molecule has 1 aliphatic rings. The van der Waals surface area contributed by atoms with Crippen molar-refractivity contribution in [3.8, 4) is 0 Å². The summed E-state index contributed by atoms with van der Waals surface area (Å²) in [6.45, 7) is 2.87. The molecule has 0 bridgehead atoms. The first kappa shape index (κ1) is 19.9. The number of aromatic amines is 1. The van der Waals surface area contributed by atoms with Crippen molar-refractivity contribution in [3.05, 3.63) is 35.8 Å². The zero-order chi connectivity index (χ0) is 20.1. The molecule has 8 heteroatoms. The molecular formula is C20H25FN4O3. The highest BCUT2D eigenvalue weighted by Gasteiger charge is 2.37. The summed E-state index contributed by atoms with van der Waals surface area (Å²) in [5.74, 6) is -0.771. The van der Waals surface area contributed by atoms with Crippen molar-refractivity contribution in [1.82, 2.24) is 20.5 Å². The lowest BCUT2D eigenvalue weighted by molar-refractivity contribution is -0.127. The van der Waals surface area contributed by atoms with Gasteiger partial charge in [0.2, 0.25) is 5.91 Å². The van der Waals surface area contributed by atoms with Gasteiger partial charge in [0.15, 0.2) is 0 Å². The number of carbonyl (C=O) groups excluding carboxylic acids is 3. The molecule has 3 rings (SSSR count). The molecule has 0 radical (unpaired) electrons. The fourth-order valence-corrected chi connectivity index (χ4v) is 3.34. The van der Waals surface area contributed by atoms with Gasteiger partial charge in [0.25, 0.3) is 5.91 Å². The molecule has 1 aliphatic heterocycles. The van der Waals surface area contributed by atoms with Gasteiger partial charge < -0.3 is 15.6 Å². The molecule has 1 unspecified atom stereocenters. The Kier molecular flexibility index (Phi) is 6.28. The number of carbonyl (C=O) groups is 3. The van der Waals surface area contributed by atoms with Crippen molar-refractivity contribution in [2.45, 2.75) is 45.1 Å². The third-order valence-electron chi connectivity index (χ3n) is 4.95. The zero-order valence-corrected chi connectivity index (χ0v) is 15.9. The maximum Gasteiger partial charge on any atom is 0.324 e. The number of halogens is 1. The minimum Gasteiger partial charge on any atom is -0.361 e. The highest BCUT2D eigenvalue weighted by molar-refractivity contribution is 6.04. The molecule has 4 amide bonds. The van der Waals surface area contributed by atoms with Crippen LogP contribution in [0.1, 0.15) is 38.2 Å². The van der Waals surface area contributed by atoms with E-state index in [1.54, 1.807) is 12.3 Å². The van der Waals surface area contributed by atoms with Crippen molar-refractivity contribution in [3.63, 3.8) is 0 Å². The van der Waals surface area contributed by atoms with Crippen LogP contribution in [0, 0.1) is 5.82 Å². The summed E-state index contributed by atoms with van der Waals surface area (Å²) in [7, 11) is 0. The smallest absolute Gasteiger partial charge is 0.324 e. The molecule has 28 heavy (non-hydrogen) atoms. The van der Waals surface area contributed by atoms with Crippen LogP contribution in [0.25, 0.3) is 10.9 Å². The van der Waals surface area contributed by atoms with E-state index in [4.69, 9.17) is 0 Å². The summed E-state index contributed by atoms with van der Waals surface area (Å²) >= 11 is 0. The van der Waals surface area contributed by atoms with E-state index in [1.807, 2.05) is 6.92 Å². The number of nitrogens with one attached hydrogen (secondary N) is 3. The van der Waals surface area contributed by atoms with Crippen molar-refractivity contribution in [2.75, 3.05) is 13.1 Å². The van der Waals surface area contributed by atoms with E-state index in [0.717, 1.165) is 34.2 Å². The third kappa shape index (κ3) is 4.49. The molecule has 1 atom stereocenters. The summed E-state index contributed by atoms with van der Waals surface area (Å²) < 4.78 is 13.5. The minimum atomic E-state index is -0.676. The number of H-pyrrole nitrogens is 1. The summed E-state index contributed by atoms with van der Waals surface area (Å²) in [6.07, 6.45) is 4.56. The predicted octanol–water partition coefficient (Wildman–Crippen LogP) is 2.47. The van der Waals surface area contributed by atoms with Crippen LogP contribution in [0.5, 0.6) is 0 Å². The maximum atomic E-state index is 13.5. The largest absolute Gasteiger partial charge is 0.361 e. The number of benzene rings is 1. The second-order valence-electron chi connectivity index (χ2n) is 6.99. The van der Waals surface area contributed by atoms with Gasteiger partial charge in [-0.05, 0) is 43.0 Å². The van der Waals surface area contributed by atoms with E-state index in [1.165, 1.54) is 12.1 Å². The number of fused-ring (bicyclic) bond motifs is 1. The number of hydrogen-bond donors (Lipinski definition) is 3. The molecule has 7 nitrogen and oxygen atoms in total. The van der Waals surface area contributed by atoms with Crippen molar-refractivity contribution in [2.24, 2.45) is 0 Å². The maximum absolute atomic E-state index is 13.5. The third-order valence-corrected chi connectivity index (χ3v) is 4.95. The van der Waals surface area contributed by atoms with Crippen molar-refractivity contribution >= 4 is 28.7 Å². The minimum absolute atomic E-state index is 0.116. The second kappa shape index (κ2) is 8.86. The summed E-state index contributed by atoms with van der Waals surface area (Å²) in [6, 6.07) is 3.34. The summed E-state index contributed by atoms with van der Waals surface area (Å²) in [5.41, 5.74) is 1.65. The zero-order valence-electron chi connectivity index (χ0n) is 15.9. The number of amides is 4. The Hall–Kier alpha value is -2.90. The first-order chi connectivity index (χ1) is 13.5. The van der Waals surface area contributed by atoms with Crippen LogP contribution in [0.4, 0.5) is 9.18 Å². The normalized spacial score (nSPS) is 16.6. The van der Waals surface area contributed by atoms with Gasteiger partial charge in [0.1, 0.15) is 11.9 Å². The lowest BCUT2D eigenvalue weighted by Gasteiger charge is -2.12. The monoisotopic (exact) mass is 388 g/mol. The van der Waals surface area contributed by atoms with Crippen LogP contribution in [0.2, 0.25) is 0 Å². The van der Waals surface area contributed by atoms with Gasteiger partial charge in [-0.25, -0.2) is 9.18 Å². The van der Waals surface area contributed by atoms with Gasteiger partial charge in [-0.2, -0.15) is 0 Å². The van der Waals surface area contributed by atoms with E-state index < -0.39 is 12.1 Å². The first-order valence-corrected chi connectivity index (χ1v) is 9.63. The molecule has 0 saturated carbocycles. The Bertz CT molecular complexity index is 879. The number of unbranched alkanes of at least 4 members (excludes halogenated alkanes) is 1. The highest BCUT2D eigenvalue weighted by Crippen LogP contribution is 2.21. The van der Waals surface area contributed by atoms with Crippen LogP contribution >= 0.6 is 0 Å². The van der Waals surface area contributed by atoms with E-state index in [9.17, 15) is 18.8 Å². The molecule has 150 valence electrons. The van der Waals surface area contributed by atoms with Crippen LogP contribution in [0.15, 0.2) is 24.4 Å². The fraction of sp³-hybridized carbons (Fsp3) is 0.450. The number of nitrogens with zero attached hydrogens (tertiary/aromatic N) is 1. The molecule has 0 aliphatic carbocycles. The quantitative estimate of drug-likeness (QED) is 0.455. The van der Waals surface area contributed by atoms with Gasteiger partial charge in [0, 0.05) is 36.6 Å². The highest BCUT2D eigenvalue weighted by atomic mass is 19.1. The molecule has 1 aromatic carbocycles. The summed E-state index contributed by atoms with van der Waals surface area (Å²) in [5, 5.41) is 6.18. The van der Waals surface area contributed by atoms with E-state index in [2.05, 4.69) is 15.6 Å². The lowest BCUT2D eigenvalue weighted by Crippen LogP contribution is -2.34. The van der Waals surface area contributed by atoms with Gasteiger partial charge >= 0.3 is 6.03 Å². The van der Waals surface area contributed by atoms with Gasteiger partial charge in [0.05, 0.1) is 0 Å². The van der Waals surface area contributed by atoms with Crippen LogP contribution in [-0.2, 0) is 16.0 Å². The molecular weight excluding hydrogens is 363 g/mol. The Balaban J connectivity index is 1.53. The van der Waals surface area contributed by atoms with E-state index in [-0.39, 0.29) is 37.0 Å². The topological polar surface area (TPSA) is 94.3 Å². The Morgan fingerprint density at radius 3 is 2.93 bits per heavy atom. The standard InChI is InChI=1S/C20H25FN4O3/c1-2-3-9-22-18(26)7-6-17-19(27)25(20(28)24-17)10-8-13-12-23-16-5-4-14(21)11-15(13)16/h4-5,11-12,17,23H,2-3,6-10H2,1H3,(H,22,26)(H,24,28). The Labute approximate surface area is 162 Å². The van der Waals surface area contributed by atoms with Crippen LogP contribution in [0.3, 0.4) is 0 Å². The molecule has 0 spiro atoms. The number of hydrogen-bond acceptors (Lipinski definition) is 3. The van der Waals surface area contributed by atoms with Crippen LogP contribution in [-0.4, -0.2) is 46.9 Å². The number of urea groups is 1. The first-order valence-electron chi connectivity index (χ1n) is 9.63.